The van der Waals surface area contributed by atoms with Crippen molar-refractivity contribution in [3.8, 4) is 44.9 Å². The highest BCUT2D eigenvalue weighted by atomic mass is 16.5. The topological polar surface area (TPSA) is 12.5 Å². The number of anilines is 3. The van der Waals surface area contributed by atoms with E-state index < -0.39 is 5.41 Å². The van der Waals surface area contributed by atoms with Gasteiger partial charge in [0.25, 0.3) is 0 Å². The first-order valence-electron chi connectivity index (χ1n) is 20.3. The third-order valence-electron chi connectivity index (χ3n) is 13.1. The molecule has 1 atom stereocenters. The van der Waals surface area contributed by atoms with E-state index in [2.05, 4.69) is 219 Å². The van der Waals surface area contributed by atoms with E-state index in [1.807, 2.05) is 0 Å². The molecule has 1 heterocycles. The predicted octanol–water partition coefficient (Wildman–Crippen LogP) is 14.8. The summed E-state index contributed by atoms with van der Waals surface area (Å²) in [6, 6.07) is 73.6. The van der Waals surface area contributed by atoms with Gasteiger partial charge in [0.2, 0.25) is 0 Å². The van der Waals surface area contributed by atoms with Gasteiger partial charge in [-0.05, 0) is 103 Å². The third kappa shape index (κ3) is 4.43. The Balaban J connectivity index is 1.16. The normalized spacial score (nSPS) is 16.1. The predicted molar refractivity (Wildman–Crippen MR) is 239 cm³/mol. The molecule has 1 aliphatic heterocycles. The van der Waals surface area contributed by atoms with Gasteiger partial charge in [0.05, 0.1) is 11.1 Å². The molecule has 0 amide bonds. The summed E-state index contributed by atoms with van der Waals surface area (Å²) in [5.74, 6) is 1.80. The number of nitrogens with zero attached hydrogens (tertiary/aromatic N) is 1. The van der Waals surface area contributed by atoms with Crippen molar-refractivity contribution < 1.29 is 4.74 Å². The van der Waals surface area contributed by atoms with E-state index in [4.69, 9.17) is 4.74 Å². The Kier molecular flexibility index (Phi) is 6.93. The standard InChI is InChI=1S/C56H39NO/c1-55(2)45-21-10-8-19-42(45)43-33-32-40(35-49(43)55)57(39-30-27-37(28-31-39)36-15-4-3-5-16-36)50-25-14-24-48-53(50)44-20-9-11-22-46(44)56(48)47-23-12-13-26-51(47)58-52-34-29-38-17-6-7-18-41(38)54(52)56/h3-35H,1-2H3. The quantitative estimate of drug-likeness (QED) is 0.178. The van der Waals surface area contributed by atoms with Gasteiger partial charge in [-0.25, -0.2) is 0 Å². The summed E-state index contributed by atoms with van der Waals surface area (Å²) in [5.41, 5.74) is 17.8. The molecule has 0 N–H and O–H groups in total. The van der Waals surface area contributed by atoms with E-state index in [-0.39, 0.29) is 5.41 Å². The maximum absolute atomic E-state index is 6.84. The van der Waals surface area contributed by atoms with Crippen LogP contribution in [0.15, 0.2) is 200 Å². The van der Waals surface area contributed by atoms with Gasteiger partial charge >= 0.3 is 0 Å². The summed E-state index contributed by atoms with van der Waals surface area (Å²) >= 11 is 0. The van der Waals surface area contributed by atoms with Crippen LogP contribution in [-0.4, -0.2) is 0 Å². The fraction of sp³-hybridized carbons (Fsp3) is 0.0714. The first kappa shape index (κ1) is 33.0. The molecular formula is C56H39NO. The van der Waals surface area contributed by atoms with Crippen molar-refractivity contribution in [2.24, 2.45) is 0 Å². The molecule has 1 spiro atoms. The molecule has 58 heavy (non-hydrogen) atoms. The molecule has 0 saturated carbocycles. The van der Waals surface area contributed by atoms with Crippen LogP contribution in [0.4, 0.5) is 17.1 Å². The zero-order valence-electron chi connectivity index (χ0n) is 32.4. The van der Waals surface area contributed by atoms with E-state index in [0.717, 1.165) is 34.1 Å². The molecule has 1 unspecified atom stereocenters. The van der Waals surface area contributed by atoms with Crippen molar-refractivity contribution in [1.29, 1.82) is 0 Å². The lowest BCUT2D eigenvalue weighted by Crippen LogP contribution is -2.32. The Bertz CT molecular complexity index is 3120. The summed E-state index contributed by atoms with van der Waals surface area (Å²) < 4.78 is 6.84. The van der Waals surface area contributed by atoms with Crippen molar-refractivity contribution in [3.05, 3.63) is 234 Å². The summed E-state index contributed by atoms with van der Waals surface area (Å²) in [6.07, 6.45) is 0. The lowest BCUT2D eigenvalue weighted by Gasteiger charge is -2.40. The van der Waals surface area contributed by atoms with Gasteiger partial charge in [0.1, 0.15) is 11.5 Å². The lowest BCUT2D eigenvalue weighted by atomic mass is 9.65. The van der Waals surface area contributed by atoms with E-state index in [0.29, 0.717) is 0 Å². The largest absolute Gasteiger partial charge is 0.457 e. The number of hydrogen-bond donors (Lipinski definition) is 0. The van der Waals surface area contributed by atoms with Crippen molar-refractivity contribution >= 4 is 27.8 Å². The molecule has 0 fully saturated rings. The highest BCUT2D eigenvalue weighted by Crippen LogP contribution is 2.65. The van der Waals surface area contributed by atoms with Crippen LogP contribution in [0.3, 0.4) is 0 Å². The SMILES string of the molecule is CC1(C)c2ccccc2-c2ccc(N(c3ccc(-c4ccccc4)cc3)c3cccc4c3-c3ccccc3C43c4ccccc4Oc4ccc5ccccc5c43)cc21. The Morgan fingerprint density at radius 1 is 0.414 bits per heavy atom. The molecule has 0 aromatic heterocycles. The fourth-order valence-corrected chi connectivity index (χ4v) is 10.6. The van der Waals surface area contributed by atoms with Crippen molar-refractivity contribution in [2.45, 2.75) is 24.7 Å². The van der Waals surface area contributed by atoms with Gasteiger partial charge in [0.15, 0.2) is 0 Å². The van der Waals surface area contributed by atoms with Gasteiger partial charge in [-0.15, -0.1) is 0 Å². The zero-order valence-corrected chi connectivity index (χ0v) is 32.4. The average Bonchev–Trinajstić information content (AvgIpc) is 3.70. The van der Waals surface area contributed by atoms with Crippen LogP contribution in [0.1, 0.15) is 47.2 Å². The molecule has 2 nitrogen and oxygen atoms in total. The summed E-state index contributed by atoms with van der Waals surface area (Å²) in [7, 11) is 0. The molecule has 0 saturated heterocycles. The second-order valence-corrected chi connectivity index (χ2v) is 16.4. The molecule has 274 valence electrons. The first-order chi connectivity index (χ1) is 28.5. The zero-order chi connectivity index (χ0) is 38.6. The number of fused-ring (bicyclic) bond motifs is 14. The highest BCUT2D eigenvalue weighted by Gasteiger charge is 2.52. The minimum absolute atomic E-state index is 0.142. The fourth-order valence-electron chi connectivity index (χ4n) is 10.6. The van der Waals surface area contributed by atoms with Crippen LogP contribution in [0.2, 0.25) is 0 Å². The average molecular weight is 742 g/mol. The summed E-state index contributed by atoms with van der Waals surface area (Å²) in [6.45, 7) is 4.73. The molecule has 12 rings (SSSR count). The molecule has 0 radical (unpaired) electrons. The van der Waals surface area contributed by atoms with Crippen LogP contribution in [-0.2, 0) is 10.8 Å². The maximum atomic E-state index is 6.84. The van der Waals surface area contributed by atoms with Crippen LogP contribution in [0.25, 0.3) is 44.2 Å². The molecule has 0 bridgehead atoms. The van der Waals surface area contributed by atoms with Crippen LogP contribution < -0.4 is 9.64 Å². The monoisotopic (exact) mass is 741 g/mol. The van der Waals surface area contributed by atoms with E-state index in [1.54, 1.807) is 0 Å². The smallest absolute Gasteiger partial charge is 0.132 e. The summed E-state index contributed by atoms with van der Waals surface area (Å²) in [4.78, 5) is 2.50. The van der Waals surface area contributed by atoms with Crippen LogP contribution in [0, 0.1) is 0 Å². The van der Waals surface area contributed by atoms with Gasteiger partial charge in [0, 0.05) is 33.5 Å². The summed E-state index contributed by atoms with van der Waals surface area (Å²) in [5, 5.41) is 2.41. The van der Waals surface area contributed by atoms with E-state index >= 15 is 0 Å². The Hall–Kier alpha value is -7.16. The van der Waals surface area contributed by atoms with Gasteiger partial charge in [-0.1, -0.05) is 172 Å². The minimum atomic E-state index is -0.614. The van der Waals surface area contributed by atoms with Gasteiger partial charge in [-0.2, -0.15) is 0 Å². The van der Waals surface area contributed by atoms with Crippen molar-refractivity contribution in [2.75, 3.05) is 4.90 Å². The Morgan fingerprint density at radius 2 is 1.05 bits per heavy atom. The first-order valence-corrected chi connectivity index (χ1v) is 20.3. The number of para-hydroxylation sites is 1. The molecule has 3 aliphatic rings. The minimum Gasteiger partial charge on any atom is -0.457 e. The Morgan fingerprint density at radius 3 is 1.90 bits per heavy atom. The van der Waals surface area contributed by atoms with E-state index in [9.17, 15) is 0 Å². The van der Waals surface area contributed by atoms with Gasteiger partial charge < -0.3 is 9.64 Å². The van der Waals surface area contributed by atoms with Crippen LogP contribution >= 0.6 is 0 Å². The van der Waals surface area contributed by atoms with Gasteiger partial charge in [-0.3, -0.25) is 0 Å². The molecule has 9 aromatic carbocycles. The lowest BCUT2D eigenvalue weighted by molar-refractivity contribution is 0.438. The van der Waals surface area contributed by atoms with Crippen molar-refractivity contribution in [3.63, 3.8) is 0 Å². The molecular weight excluding hydrogens is 703 g/mol. The van der Waals surface area contributed by atoms with Crippen molar-refractivity contribution in [1.82, 2.24) is 0 Å². The highest BCUT2D eigenvalue weighted by molar-refractivity contribution is 6.02. The Labute approximate surface area is 339 Å². The molecule has 9 aromatic rings. The third-order valence-corrected chi connectivity index (χ3v) is 13.1. The number of rotatable bonds is 4. The molecule has 2 heteroatoms. The van der Waals surface area contributed by atoms with Crippen LogP contribution in [0.5, 0.6) is 11.5 Å². The van der Waals surface area contributed by atoms with E-state index in [1.165, 1.54) is 72.0 Å². The number of benzene rings is 9. The second-order valence-electron chi connectivity index (χ2n) is 16.4. The molecule has 2 aliphatic carbocycles. The second kappa shape index (κ2) is 12.2. The number of ether oxygens (including phenoxy) is 1. The maximum Gasteiger partial charge on any atom is 0.132 e. The number of hydrogen-bond acceptors (Lipinski definition) is 2.